The van der Waals surface area contributed by atoms with E-state index in [2.05, 4.69) is 10.2 Å². The molecule has 36 heavy (non-hydrogen) atoms. The number of carboxylic acids is 2. The number of amides is 1. The Morgan fingerprint density at radius 1 is 0.917 bits per heavy atom. The van der Waals surface area contributed by atoms with Gasteiger partial charge in [-0.05, 0) is 56.6 Å². The molecule has 0 spiro atoms. The molecule has 3 rings (SSSR count). The molecule has 0 saturated carbocycles. The van der Waals surface area contributed by atoms with Crippen molar-refractivity contribution in [3.63, 3.8) is 0 Å². The quantitative estimate of drug-likeness (QED) is 0.379. The summed E-state index contributed by atoms with van der Waals surface area (Å²) in [7, 11) is 0. The minimum Gasteiger partial charge on any atom is -0.494 e. The molecule has 204 valence electrons. The third-order valence-electron chi connectivity index (χ3n) is 4.81. The summed E-state index contributed by atoms with van der Waals surface area (Å²) in [5, 5.41) is 17.3. The van der Waals surface area contributed by atoms with Gasteiger partial charge in [-0.1, -0.05) is 0 Å². The zero-order valence-corrected chi connectivity index (χ0v) is 19.1. The summed E-state index contributed by atoms with van der Waals surface area (Å²) in [6, 6.07) is 7.86. The lowest BCUT2D eigenvalue weighted by atomic mass is 10.2. The van der Waals surface area contributed by atoms with Gasteiger partial charge in [-0.3, -0.25) is 4.79 Å². The number of alkyl halides is 6. The van der Waals surface area contributed by atoms with Gasteiger partial charge in [0.2, 0.25) is 5.91 Å². The molecule has 9 nitrogen and oxygen atoms in total. The van der Waals surface area contributed by atoms with Crippen molar-refractivity contribution >= 4 is 23.5 Å². The number of ether oxygens (including phenoxy) is 1. The number of nitrogens with zero attached hydrogens (tertiary/aromatic N) is 2. The van der Waals surface area contributed by atoms with Crippen LogP contribution in [0.5, 0.6) is 5.75 Å². The van der Waals surface area contributed by atoms with E-state index in [1.807, 2.05) is 29.2 Å². The Balaban J connectivity index is 0.000000383. The number of carbonyl (C=O) groups is 3. The molecule has 2 fully saturated rings. The van der Waals surface area contributed by atoms with Crippen LogP contribution in [0.2, 0.25) is 0 Å². The molecule has 0 bridgehead atoms. The summed E-state index contributed by atoms with van der Waals surface area (Å²) in [5.41, 5.74) is 0.955. The molecular weight excluding hydrogens is 504 g/mol. The van der Waals surface area contributed by atoms with Gasteiger partial charge in [0.05, 0.1) is 13.2 Å². The lowest BCUT2D eigenvalue weighted by Crippen LogP contribution is -2.48. The molecule has 0 aliphatic carbocycles. The zero-order chi connectivity index (χ0) is 27.4. The lowest BCUT2D eigenvalue weighted by molar-refractivity contribution is -0.193. The van der Waals surface area contributed by atoms with Gasteiger partial charge in [0.1, 0.15) is 5.75 Å². The lowest BCUT2D eigenvalue weighted by Gasteiger charge is -2.27. The van der Waals surface area contributed by atoms with Gasteiger partial charge in [0, 0.05) is 25.3 Å². The molecule has 0 atom stereocenters. The first-order valence-corrected chi connectivity index (χ1v) is 10.8. The van der Waals surface area contributed by atoms with Crippen molar-refractivity contribution in [3.05, 3.63) is 24.3 Å². The predicted molar refractivity (Wildman–Crippen MR) is 115 cm³/mol. The van der Waals surface area contributed by atoms with Gasteiger partial charge in [-0.25, -0.2) is 9.59 Å². The number of carboxylic acid groups (broad SMARTS) is 2. The third-order valence-corrected chi connectivity index (χ3v) is 4.81. The van der Waals surface area contributed by atoms with E-state index in [0.29, 0.717) is 6.54 Å². The number of anilines is 1. The van der Waals surface area contributed by atoms with Crippen LogP contribution in [0.4, 0.5) is 32.0 Å². The number of rotatable bonds is 6. The molecule has 2 aliphatic heterocycles. The maximum absolute atomic E-state index is 11.8. The minimum atomic E-state index is -5.08. The van der Waals surface area contributed by atoms with E-state index in [-0.39, 0.29) is 5.91 Å². The minimum absolute atomic E-state index is 0.130. The Kier molecular flexibility index (Phi) is 12.5. The SMILES string of the molecule is O=C(O)C(F)(F)F.O=C(O)C(F)(F)F.O=C1CNCCN1c1ccc(OCCCN2CCCC2)cc1. The summed E-state index contributed by atoms with van der Waals surface area (Å²) in [6.07, 6.45) is -6.42. The Morgan fingerprint density at radius 3 is 1.86 bits per heavy atom. The van der Waals surface area contributed by atoms with E-state index in [1.165, 1.54) is 25.9 Å². The van der Waals surface area contributed by atoms with E-state index < -0.39 is 24.3 Å². The van der Waals surface area contributed by atoms with E-state index in [4.69, 9.17) is 24.5 Å². The standard InChI is InChI=1S/C17H25N3O2.2C2HF3O2/c21-17-14-18-8-12-20(17)15-4-6-16(7-5-15)22-13-3-11-19-9-1-2-10-19;2*3-2(4,5)1(6)7/h4-7,18H,1-3,8-14H2;2*(H,6,7). The molecule has 0 radical (unpaired) electrons. The van der Waals surface area contributed by atoms with Crippen molar-refractivity contribution in [2.75, 3.05) is 50.8 Å². The van der Waals surface area contributed by atoms with Gasteiger partial charge in [-0.15, -0.1) is 0 Å². The first-order chi connectivity index (χ1) is 16.7. The normalized spacial score (nSPS) is 16.4. The molecular formula is C21H27F6N3O6. The first-order valence-electron chi connectivity index (χ1n) is 10.8. The molecule has 0 aromatic heterocycles. The average molecular weight is 531 g/mol. The van der Waals surface area contributed by atoms with Crippen LogP contribution in [0.3, 0.4) is 0 Å². The van der Waals surface area contributed by atoms with E-state index in [9.17, 15) is 31.1 Å². The van der Waals surface area contributed by atoms with E-state index in [0.717, 1.165) is 44.1 Å². The largest absolute Gasteiger partial charge is 0.494 e. The number of nitrogens with one attached hydrogen (secondary N) is 1. The predicted octanol–water partition coefficient (Wildman–Crippen LogP) is 2.75. The Labute approximate surface area is 202 Å². The number of likely N-dealkylation sites (tertiary alicyclic amines) is 1. The average Bonchev–Trinajstić information content (AvgIpc) is 3.31. The van der Waals surface area contributed by atoms with Crippen LogP contribution in [0, 0.1) is 0 Å². The first kappa shape index (κ1) is 31.0. The fraction of sp³-hybridized carbons (Fsp3) is 0.571. The second kappa shape index (κ2) is 14.5. The molecule has 2 saturated heterocycles. The van der Waals surface area contributed by atoms with Crippen molar-refractivity contribution in [1.82, 2.24) is 10.2 Å². The number of piperazine rings is 1. The maximum atomic E-state index is 11.8. The highest BCUT2D eigenvalue weighted by molar-refractivity contribution is 5.95. The number of benzene rings is 1. The topological polar surface area (TPSA) is 119 Å². The third kappa shape index (κ3) is 12.1. The number of carbonyl (C=O) groups excluding carboxylic acids is 1. The molecule has 15 heteroatoms. The van der Waals surface area contributed by atoms with Crippen LogP contribution >= 0.6 is 0 Å². The smallest absolute Gasteiger partial charge is 0.490 e. The summed E-state index contributed by atoms with van der Waals surface area (Å²) >= 11 is 0. The summed E-state index contributed by atoms with van der Waals surface area (Å²) in [4.78, 5) is 34.0. The van der Waals surface area contributed by atoms with Crippen LogP contribution in [-0.4, -0.2) is 91.2 Å². The van der Waals surface area contributed by atoms with E-state index >= 15 is 0 Å². The second-order valence-electron chi connectivity index (χ2n) is 7.57. The Bertz CT molecular complexity index is 818. The molecule has 2 heterocycles. The number of aliphatic carboxylic acids is 2. The number of halogens is 6. The van der Waals surface area contributed by atoms with Crippen LogP contribution < -0.4 is 15.0 Å². The highest BCUT2D eigenvalue weighted by Gasteiger charge is 2.38. The van der Waals surface area contributed by atoms with Gasteiger partial charge in [0.25, 0.3) is 0 Å². The van der Waals surface area contributed by atoms with Crippen molar-refractivity contribution in [3.8, 4) is 5.75 Å². The van der Waals surface area contributed by atoms with Crippen molar-refractivity contribution < 1.29 is 55.7 Å². The molecule has 1 aromatic carbocycles. The molecule has 1 aromatic rings. The van der Waals surface area contributed by atoms with Crippen LogP contribution in [0.15, 0.2) is 24.3 Å². The fourth-order valence-corrected chi connectivity index (χ4v) is 3.09. The Morgan fingerprint density at radius 2 is 1.42 bits per heavy atom. The maximum Gasteiger partial charge on any atom is 0.490 e. The van der Waals surface area contributed by atoms with Crippen molar-refractivity contribution in [1.29, 1.82) is 0 Å². The second-order valence-corrected chi connectivity index (χ2v) is 7.57. The highest BCUT2D eigenvalue weighted by atomic mass is 19.4. The monoisotopic (exact) mass is 531 g/mol. The molecule has 3 N–H and O–H groups in total. The van der Waals surface area contributed by atoms with Gasteiger partial charge in [-0.2, -0.15) is 26.3 Å². The molecule has 0 unspecified atom stereocenters. The van der Waals surface area contributed by atoms with Crippen molar-refractivity contribution in [2.45, 2.75) is 31.6 Å². The molecule has 2 aliphatic rings. The van der Waals surface area contributed by atoms with Crippen molar-refractivity contribution in [2.24, 2.45) is 0 Å². The van der Waals surface area contributed by atoms with E-state index in [1.54, 1.807) is 0 Å². The van der Waals surface area contributed by atoms with Gasteiger partial charge in [0.15, 0.2) is 0 Å². The van der Waals surface area contributed by atoms with Gasteiger partial charge >= 0.3 is 24.3 Å². The summed E-state index contributed by atoms with van der Waals surface area (Å²) < 4.78 is 69.3. The van der Waals surface area contributed by atoms with Crippen LogP contribution in [-0.2, 0) is 14.4 Å². The Hall–Kier alpha value is -3.07. The number of hydrogen-bond donors (Lipinski definition) is 3. The fourth-order valence-electron chi connectivity index (χ4n) is 3.09. The number of hydrogen-bond acceptors (Lipinski definition) is 6. The van der Waals surface area contributed by atoms with Crippen LogP contribution in [0.1, 0.15) is 19.3 Å². The summed E-state index contributed by atoms with van der Waals surface area (Å²) in [5.74, 6) is -4.50. The van der Waals surface area contributed by atoms with Gasteiger partial charge < -0.3 is 30.1 Å². The molecule has 1 amide bonds. The summed E-state index contributed by atoms with van der Waals surface area (Å²) in [6.45, 7) is 6.38. The highest BCUT2D eigenvalue weighted by Crippen LogP contribution is 2.20. The van der Waals surface area contributed by atoms with Crippen LogP contribution in [0.25, 0.3) is 0 Å². The zero-order valence-electron chi connectivity index (χ0n) is 19.1.